The number of rotatable bonds is 7. The van der Waals surface area contributed by atoms with Gasteiger partial charge in [0.15, 0.2) is 0 Å². The van der Waals surface area contributed by atoms with Crippen molar-refractivity contribution in [1.82, 2.24) is 15.3 Å². The molecule has 4 heterocycles. The summed E-state index contributed by atoms with van der Waals surface area (Å²) in [5.74, 6) is 0.0742. The predicted octanol–water partition coefficient (Wildman–Crippen LogP) is 1.73. The molecule has 1 fully saturated rings. The van der Waals surface area contributed by atoms with Crippen molar-refractivity contribution in [1.29, 1.82) is 0 Å². The first-order valence-corrected chi connectivity index (χ1v) is 12.2. The number of carbonyl (C=O) groups excluding carboxylic acids is 3. The fraction of sp³-hybridized carbons (Fsp3) is 0.292. The van der Waals surface area contributed by atoms with E-state index in [4.69, 9.17) is 9.47 Å². The summed E-state index contributed by atoms with van der Waals surface area (Å²) in [4.78, 5) is 47.7. The van der Waals surface area contributed by atoms with E-state index in [1.807, 2.05) is 6.07 Å². The lowest BCUT2D eigenvalue weighted by atomic mass is 10.1. The highest BCUT2D eigenvalue weighted by molar-refractivity contribution is 8.00. The minimum absolute atomic E-state index is 0.0282. The molecule has 0 radical (unpaired) electrons. The molecule has 1 saturated heterocycles. The van der Waals surface area contributed by atoms with Gasteiger partial charge in [-0.3, -0.25) is 19.5 Å². The molecule has 11 nitrogen and oxygen atoms in total. The molecule has 3 aromatic rings. The zero-order valence-corrected chi connectivity index (χ0v) is 20.1. The fourth-order valence-electron chi connectivity index (χ4n) is 4.05. The maximum absolute atomic E-state index is 12.6. The molecular weight excluding hydrogens is 486 g/mol. The first-order valence-electron chi connectivity index (χ1n) is 11.2. The van der Waals surface area contributed by atoms with E-state index in [9.17, 15) is 19.5 Å². The predicted molar refractivity (Wildman–Crippen MR) is 132 cm³/mol. The van der Waals surface area contributed by atoms with E-state index in [1.165, 1.54) is 23.8 Å². The molecule has 0 aliphatic carbocycles. The molecule has 5 rings (SSSR count). The Bertz CT molecular complexity index is 1350. The van der Waals surface area contributed by atoms with Gasteiger partial charge in [-0.15, -0.1) is 11.8 Å². The van der Waals surface area contributed by atoms with E-state index < -0.39 is 24.2 Å². The molecule has 12 heteroatoms. The van der Waals surface area contributed by atoms with E-state index in [-0.39, 0.29) is 25.4 Å². The Morgan fingerprint density at radius 3 is 3.03 bits per heavy atom. The number of benzene rings is 1. The van der Waals surface area contributed by atoms with Crippen LogP contribution in [-0.2, 0) is 20.7 Å². The largest absolute Gasteiger partial charge is 0.481 e. The average molecular weight is 510 g/mol. The van der Waals surface area contributed by atoms with Gasteiger partial charge in [0, 0.05) is 29.3 Å². The number of thioether (sulfide) groups is 1. The second-order valence-electron chi connectivity index (χ2n) is 8.29. The molecule has 2 aliphatic heterocycles. The monoisotopic (exact) mass is 509 g/mol. The molecule has 36 heavy (non-hydrogen) atoms. The minimum Gasteiger partial charge on any atom is -0.481 e. The number of ether oxygens (including phenoxy) is 2. The summed E-state index contributed by atoms with van der Waals surface area (Å²) in [5.41, 5.74) is 3.06. The Kier molecular flexibility index (Phi) is 6.61. The topological polar surface area (TPSA) is 143 Å². The summed E-state index contributed by atoms with van der Waals surface area (Å²) < 4.78 is 10.6. The van der Waals surface area contributed by atoms with E-state index in [0.717, 1.165) is 4.90 Å². The van der Waals surface area contributed by atoms with Crippen LogP contribution in [-0.4, -0.2) is 71.1 Å². The number of carbonyl (C=O) groups is 3. The number of aliphatic hydroxyl groups excluding tert-OH is 1. The van der Waals surface area contributed by atoms with Crippen LogP contribution in [0.15, 0.2) is 47.5 Å². The van der Waals surface area contributed by atoms with Crippen LogP contribution < -0.4 is 20.3 Å². The Balaban J connectivity index is 1.19. The van der Waals surface area contributed by atoms with Crippen LogP contribution in [0.3, 0.4) is 0 Å². The maximum Gasteiger partial charge on any atom is 0.414 e. The second kappa shape index (κ2) is 9.99. The number of cyclic esters (lactones) is 1. The van der Waals surface area contributed by atoms with E-state index >= 15 is 0 Å². The average Bonchev–Trinajstić information content (AvgIpc) is 3.27. The van der Waals surface area contributed by atoms with Crippen LogP contribution in [0.25, 0.3) is 11.0 Å². The second-order valence-corrected chi connectivity index (χ2v) is 9.31. The third-order valence-electron chi connectivity index (χ3n) is 5.85. The van der Waals surface area contributed by atoms with Crippen molar-refractivity contribution < 1.29 is 29.0 Å². The van der Waals surface area contributed by atoms with Crippen molar-refractivity contribution in [2.45, 2.75) is 23.5 Å². The fourth-order valence-corrected chi connectivity index (χ4v) is 4.84. The molecule has 3 amide bonds. The molecule has 0 spiro atoms. The summed E-state index contributed by atoms with van der Waals surface area (Å²) in [6.07, 6.45) is -0.860. The highest BCUT2D eigenvalue weighted by atomic mass is 32.2. The number of fused-ring (bicyclic) bond motifs is 2. The third-order valence-corrected chi connectivity index (χ3v) is 6.93. The molecule has 3 N–H and O–H groups in total. The standard InChI is InChI=1S/C24H23N5O6S/c1-34-21-5-3-16-22(28-21)13(6-7-25-16)8-18(30)23(32)26-10-15-11-29(24(33)35-15)14-2-4-19-17(9-14)27-20(31)12-36-19/h2-7,9,15,18,30H,8,10-12H2,1H3,(H,26,32)(H,27,31)/t15?,18-/m1/s1. The molecular formula is C24H23N5O6S. The van der Waals surface area contributed by atoms with Crippen molar-refractivity contribution in [3.05, 3.63) is 48.2 Å². The van der Waals surface area contributed by atoms with Gasteiger partial charge in [-0.05, 0) is 35.9 Å². The maximum atomic E-state index is 12.6. The lowest BCUT2D eigenvalue weighted by Gasteiger charge is -2.20. The van der Waals surface area contributed by atoms with Gasteiger partial charge in [0.2, 0.25) is 17.7 Å². The highest BCUT2D eigenvalue weighted by Crippen LogP contribution is 2.35. The van der Waals surface area contributed by atoms with Crippen molar-refractivity contribution in [3.63, 3.8) is 0 Å². The van der Waals surface area contributed by atoms with E-state index in [0.29, 0.717) is 39.6 Å². The van der Waals surface area contributed by atoms with Gasteiger partial charge in [0.1, 0.15) is 12.2 Å². The number of amides is 3. The van der Waals surface area contributed by atoms with Gasteiger partial charge in [0.05, 0.1) is 42.7 Å². The highest BCUT2D eigenvalue weighted by Gasteiger charge is 2.33. The van der Waals surface area contributed by atoms with Gasteiger partial charge < -0.3 is 25.2 Å². The van der Waals surface area contributed by atoms with E-state index in [2.05, 4.69) is 20.6 Å². The van der Waals surface area contributed by atoms with Crippen molar-refractivity contribution in [2.75, 3.05) is 36.2 Å². The van der Waals surface area contributed by atoms with Crippen molar-refractivity contribution in [3.8, 4) is 5.88 Å². The zero-order valence-electron chi connectivity index (χ0n) is 19.3. The van der Waals surface area contributed by atoms with Crippen LogP contribution in [0.2, 0.25) is 0 Å². The van der Waals surface area contributed by atoms with Crippen LogP contribution >= 0.6 is 11.8 Å². The number of methoxy groups -OCH3 is 1. The molecule has 0 bridgehead atoms. The minimum atomic E-state index is -1.33. The molecule has 0 saturated carbocycles. The summed E-state index contributed by atoms with van der Waals surface area (Å²) >= 11 is 1.43. The first kappa shape index (κ1) is 23.8. The number of aliphatic hydroxyl groups is 1. The van der Waals surface area contributed by atoms with Gasteiger partial charge in [-0.2, -0.15) is 0 Å². The van der Waals surface area contributed by atoms with Gasteiger partial charge in [-0.1, -0.05) is 0 Å². The number of hydrogen-bond donors (Lipinski definition) is 3. The Morgan fingerprint density at radius 2 is 2.19 bits per heavy atom. The number of pyridine rings is 2. The number of anilines is 2. The SMILES string of the molecule is COc1ccc2nccc(C[C@@H](O)C(=O)NCC3CN(c4ccc5c(c4)NC(=O)CS5)C(=O)O3)c2n1. The van der Waals surface area contributed by atoms with Crippen molar-refractivity contribution in [2.24, 2.45) is 0 Å². The van der Waals surface area contributed by atoms with Crippen LogP contribution in [0, 0.1) is 0 Å². The van der Waals surface area contributed by atoms with Gasteiger partial charge >= 0.3 is 6.09 Å². The van der Waals surface area contributed by atoms with Crippen LogP contribution in [0.4, 0.5) is 16.2 Å². The molecule has 186 valence electrons. The smallest absolute Gasteiger partial charge is 0.414 e. The molecule has 2 aliphatic rings. The number of nitrogens with one attached hydrogen (secondary N) is 2. The van der Waals surface area contributed by atoms with Gasteiger partial charge in [0.25, 0.3) is 0 Å². The Morgan fingerprint density at radius 1 is 1.33 bits per heavy atom. The number of hydrogen-bond acceptors (Lipinski definition) is 9. The molecule has 1 aromatic carbocycles. The lowest BCUT2D eigenvalue weighted by Crippen LogP contribution is -2.41. The van der Waals surface area contributed by atoms with Gasteiger partial charge in [-0.25, -0.2) is 9.78 Å². The Labute approximate surface area is 210 Å². The summed E-state index contributed by atoms with van der Waals surface area (Å²) in [6.45, 7) is 0.257. The summed E-state index contributed by atoms with van der Waals surface area (Å²) in [7, 11) is 1.51. The summed E-state index contributed by atoms with van der Waals surface area (Å²) in [5, 5.41) is 16.0. The zero-order chi connectivity index (χ0) is 25.2. The summed E-state index contributed by atoms with van der Waals surface area (Å²) in [6, 6.07) is 10.5. The Hall–Kier alpha value is -3.90. The molecule has 2 atom stereocenters. The first-order chi connectivity index (χ1) is 17.4. The normalized spacial score (nSPS) is 17.8. The quantitative estimate of drug-likeness (QED) is 0.434. The molecule has 2 aromatic heterocycles. The van der Waals surface area contributed by atoms with Crippen molar-refractivity contribution >= 4 is 52.1 Å². The number of nitrogens with zero attached hydrogens (tertiary/aromatic N) is 3. The molecule has 1 unspecified atom stereocenters. The van der Waals surface area contributed by atoms with E-state index in [1.54, 1.807) is 36.5 Å². The third kappa shape index (κ3) is 4.90. The van der Waals surface area contributed by atoms with Crippen LogP contribution in [0.1, 0.15) is 5.56 Å². The number of aromatic nitrogens is 2. The lowest BCUT2D eigenvalue weighted by molar-refractivity contribution is -0.129. The van der Waals surface area contributed by atoms with Crippen LogP contribution in [0.5, 0.6) is 5.88 Å².